The average Bonchev–Trinajstić information content (AvgIpc) is 2.16. The van der Waals surface area contributed by atoms with Crippen LogP contribution in [0, 0.1) is 0 Å². The summed E-state index contributed by atoms with van der Waals surface area (Å²) < 4.78 is 0. The van der Waals surface area contributed by atoms with E-state index in [4.69, 9.17) is 5.11 Å². The Labute approximate surface area is 81.5 Å². The zero-order valence-corrected chi connectivity index (χ0v) is 8.45. The zero-order chi connectivity index (χ0) is 9.78. The third kappa shape index (κ3) is 11.2. The molecule has 0 atom stereocenters. The molecule has 13 heavy (non-hydrogen) atoms. The van der Waals surface area contributed by atoms with Gasteiger partial charge in [-0.25, -0.2) is 0 Å². The number of rotatable bonds is 7. The van der Waals surface area contributed by atoms with Gasteiger partial charge in [-0.3, -0.25) is 0 Å². The van der Waals surface area contributed by atoms with Crippen LogP contribution in [0.15, 0.2) is 36.5 Å². The predicted octanol–water partition coefficient (Wildman–Crippen LogP) is 3.23. The van der Waals surface area contributed by atoms with E-state index in [1.54, 1.807) is 0 Å². The van der Waals surface area contributed by atoms with Crippen LogP contribution in [0.2, 0.25) is 0 Å². The maximum atomic E-state index is 8.50. The number of aliphatic hydroxyl groups is 1. The molecule has 0 radical (unpaired) electrons. The highest BCUT2D eigenvalue weighted by atomic mass is 16.2. The van der Waals surface area contributed by atoms with Crippen molar-refractivity contribution in [1.82, 2.24) is 0 Å². The predicted molar refractivity (Wildman–Crippen MR) is 58.6 cm³/mol. The second-order valence-electron chi connectivity index (χ2n) is 2.87. The molecule has 0 bridgehead atoms. The zero-order valence-electron chi connectivity index (χ0n) is 8.45. The molecule has 0 aromatic rings. The topological polar surface area (TPSA) is 20.2 Å². The van der Waals surface area contributed by atoms with Crippen LogP contribution in [-0.4, -0.2) is 11.7 Å². The van der Waals surface area contributed by atoms with Crippen LogP contribution in [0.4, 0.5) is 0 Å². The van der Waals surface area contributed by atoms with Gasteiger partial charge in [0.1, 0.15) is 0 Å². The summed E-state index contributed by atoms with van der Waals surface area (Å²) in [6, 6.07) is 0. The summed E-state index contributed by atoms with van der Waals surface area (Å²) in [5.74, 6) is 0. The molecule has 0 spiro atoms. The smallest absolute Gasteiger partial charge is 0.0465 e. The number of unbranched alkanes of at least 4 members (excludes halogenated alkanes) is 2. The van der Waals surface area contributed by atoms with Crippen molar-refractivity contribution in [2.45, 2.75) is 32.6 Å². The van der Waals surface area contributed by atoms with Gasteiger partial charge in [-0.1, -0.05) is 36.5 Å². The SMILES string of the molecule is C/C=C/C=C/CCC/C=C/CCO. The second kappa shape index (κ2) is 11.2. The van der Waals surface area contributed by atoms with Crippen molar-refractivity contribution in [2.24, 2.45) is 0 Å². The number of hydrogen-bond acceptors (Lipinski definition) is 1. The van der Waals surface area contributed by atoms with Gasteiger partial charge in [-0.05, 0) is 32.6 Å². The number of hydrogen-bond donors (Lipinski definition) is 1. The van der Waals surface area contributed by atoms with Crippen LogP contribution in [0.5, 0.6) is 0 Å². The van der Waals surface area contributed by atoms with Crippen molar-refractivity contribution < 1.29 is 5.11 Å². The minimum atomic E-state index is 0.262. The van der Waals surface area contributed by atoms with E-state index in [1.165, 1.54) is 6.42 Å². The lowest BCUT2D eigenvalue weighted by molar-refractivity contribution is 0.302. The molecule has 74 valence electrons. The van der Waals surface area contributed by atoms with Gasteiger partial charge < -0.3 is 5.11 Å². The molecule has 1 nitrogen and oxygen atoms in total. The summed E-state index contributed by atoms with van der Waals surface area (Å²) in [5.41, 5.74) is 0. The molecule has 0 fully saturated rings. The van der Waals surface area contributed by atoms with Crippen LogP contribution in [0.1, 0.15) is 32.6 Å². The second-order valence-corrected chi connectivity index (χ2v) is 2.87. The third-order valence-electron chi connectivity index (χ3n) is 1.64. The summed E-state index contributed by atoms with van der Waals surface area (Å²) in [5, 5.41) is 8.50. The van der Waals surface area contributed by atoms with Gasteiger partial charge in [0.15, 0.2) is 0 Å². The quantitative estimate of drug-likeness (QED) is 0.362. The molecule has 0 saturated heterocycles. The van der Waals surface area contributed by atoms with E-state index in [0.717, 1.165) is 19.3 Å². The first kappa shape index (κ1) is 12.2. The fourth-order valence-corrected chi connectivity index (χ4v) is 0.950. The van der Waals surface area contributed by atoms with Crippen molar-refractivity contribution in [3.8, 4) is 0 Å². The Morgan fingerprint density at radius 1 is 0.923 bits per heavy atom. The van der Waals surface area contributed by atoms with Crippen LogP contribution in [0.25, 0.3) is 0 Å². The monoisotopic (exact) mass is 180 g/mol. The Balaban J connectivity index is 3.16. The fourth-order valence-electron chi connectivity index (χ4n) is 0.950. The maximum absolute atomic E-state index is 8.50. The van der Waals surface area contributed by atoms with E-state index in [2.05, 4.69) is 18.2 Å². The molecule has 0 aromatic heterocycles. The van der Waals surface area contributed by atoms with E-state index in [1.807, 2.05) is 25.2 Å². The Morgan fingerprint density at radius 3 is 2.31 bits per heavy atom. The molecule has 0 rings (SSSR count). The van der Waals surface area contributed by atoms with Gasteiger partial charge >= 0.3 is 0 Å². The minimum absolute atomic E-state index is 0.262. The van der Waals surface area contributed by atoms with Gasteiger partial charge in [0.2, 0.25) is 0 Å². The average molecular weight is 180 g/mol. The molecule has 1 heteroatoms. The highest BCUT2D eigenvalue weighted by Crippen LogP contribution is 1.98. The van der Waals surface area contributed by atoms with Gasteiger partial charge in [0.05, 0.1) is 0 Å². The molecular weight excluding hydrogens is 160 g/mol. The first-order valence-electron chi connectivity index (χ1n) is 4.95. The highest BCUT2D eigenvalue weighted by Gasteiger charge is 1.79. The molecule has 0 aliphatic heterocycles. The Kier molecular flexibility index (Phi) is 10.5. The van der Waals surface area contributed by atoms with E-state index >= 15 is 0 Å². The van der Waals surface area contributed by atoms with Crippen molar-refractivity contribution in [2.75, 3.05) is 6.61 Å². The summed E-state index contributed by atoms with van der Waals surface area (Å²) in [6.07, 6.45) is 16.7. The molecule has 0 aromatic carbocycles. The van der Waals surface area contributed by atoms with Gasteiger partial charge in [-0.2, -0.15) is 0 Å². The standard InChI is InChI=1S/C12H20O/c1-2-3-4-5-6-7-8-9-10-11-12-13/h2-5,9-10,13H,6-8,11-12H2,1H3/b3-2+,5-4+,10-9+. The van der Waals surface area contributed by atoms with E-state index in [9.17, 15) is 0 Å². The first-order valence-corrected chi connectivity index (χ1v) is 4.95. The normalized spacial score (nSPS) is 12.5. The van der Waals surface area contributed by atoms with Crippen LogP contribution in [-0.2, 0) is 0 Å². The Hall–Kier alpha value is -0.820. The van der Waals surface area contributed by atoms with Crippen LogP contribution in [0.3, 0.4) is 0 Å². The van der Waals surface area contributed by atoms with E-state index < -0.39 is 0 Å². The molecule has 0 heterocycles. The lowest BCUT2D eigenvalue weighted by Gasteiger charge is -1.89. The first-order chi connectivity index (χ1) is 6.41. The molecule has 0 unspecified atom stereocenters. The van der Waals surface area contributed by atoms with Gasteiger partial charge in [-0.15, -0.1) is 0 Å². The van der Waals surface area contributed by atoms with Crippen LogP contribution < -0.4 is 0 Å². The van der Waals surface area contributed by atoms with Crippen LogP contribution >= 0.6 is 0 Å². The van der Waals surface area contributed by atoms with Gasteiger partial charge in [0, 0.05) is 6.61 Å². The lowest BCUT2D eigenvalue weighted by atomic mass is 10.2. The molecule has 0 aliphatic rings. The minimum Gasteiger partial charge on any atom is -0.396 e. The summed E-state index contributed by atoms with van der Waals surface area (Å²) >= 11 is 0. The fraction of sp³-hybridized carbons (Fsp3) is 0.500. The van der Waals surface area contributed by atoms with E-state index in [-0.39, 0.29) is 6.61 Å². The molecule has 0 aliphatic carbocycles. The van der Waals surface area contributed by atoms with Crippen molar-refractivity contribution in [3.63, 3.8) is 0 Å². The molecular formula is C12H20O. The number of allylic oxidation sites excluding steroid dienone is 5. The molecule has 0 saturated carbocycles. The third-order valence-corrected chi connectivity index (χ3v) is 1.64. The van der Waals surface area contributed by atoms with Crippen molar-refractivity contribution >= 4 is 0 Å². The largest absolute Gasteiger partial charge is 0.396 e. The Morgan fingerprint density at radius 2 is 1.62 bits per heavy atom. The maximum Gasteiger partial charge on any atom is 0.0465 e. The summed E-state index contributed by atoms with van der Waals surface area (Å²) in [6.45, 7) is 2.28. The van der Waals surface area contributed by atoms with Crippen molar-refractivity contribution in [1.29, 1.82) is 0 Å². The number of aliphatic hydroxyl groups excluding tert-OH is 1. The van der Waals surface area contributed by atoms with E-state index in [0.29, 0.717) is 0 Å². The Bertz CT molecular complexity index is 166. The van der Waals surface area contributed by atoms with Gasteiger partial charge in [0.25, 0.3) is 0 Å². The summed E-state index contributed by atoms with van der Waals surface area (Å²) in [7, 11) is 0. The lowest BCUT2D eigenvalue weighted by Crippen LogP contribution is -1.75. The van der Waals surface area contributed by atoms with Crippen molar-refractivity contribution in [3.05, 3.63) is 36.5 Å². The molecule has 0 amide bonds. The molecule has 1 N–H and O–H groups in total. The summed E-state index contributed by atoms with van der Waals surface area (Å²) in [4.78, 5) is 0. The highest BCUT2D eigenvalue weighted by molar-refractivity contribution is 5.00.